The maximum atomic E-state index is 13.3. The van der Waals surface area contributed by atoms with Crippen LogP contribution in [0.5, 0.6) is 0 Å². The maximum absolute atomic E-state index is 13.3. The number of hydrogen-bond acceptors (Lipinski definition) is 3. The molecule has 1 amide bonds. The summed E-state index contributed by atoms with van der Waals surface area (Å²) in [6.07, 6.45) is 11.5. The van der Waals surface area contributed by atoms with E-state index in [-0.39, 0.29) is 6.04 Å². The van der Waals surface area contributed by atoms with Crippen LogP contribution in [0.1, 0.15) is 64.7 Å². The highest BCUT2D eigenvalue weighted by Gasteiger charge is 2.37. The second kappa shape index (κ2) is 8.48. The normalized spacial score (nSPS) is 27.6. The van der Waals surface area contributed by atoms with Gasteiger partial charge in [0.05, 0.1) is 0 Å². The Hall–Kier alpha value is -0.610. The van der Waals surface area contributed by atoms with Crippen LogP contribution in [0.4, 0.5) is 0 Å². The summed E-state index contributed by atoms with van der Waals surface area (Å²) < 4.78 is 0. The first-order valence-electron chi connectivity index (χ1n) is 10.0. The molecule has 0 saturated carbocycles. The summed E-state index contributed by atoms with van der Waals surface area (Å²) in [5, 5.41) is 0. The lowest BCUT2D eigenvalue weighted by atomic mass is 9.97. The fourth-order valence-corrected chi connectivity index (χ4v) is 4.69. The number of carbonyl (C=O) groups is 1. The van der Waals surface area contributed by atoms with E-state index in [0.717, 1.165) is 26.2 Å². The SMILES string of the molecule is C[C@@H]([C@H](C(=O)N1CCCCC1)N1CCCCC1)N1CCCCC1. The average molecular weight is 322 g/mol. The van der Waals surface area contributed by atoms with Crippen LogP contribution < -0.4 is 0 Å². The van der Waals surface area contributed by atoms with E-state index in [1.807, 2.05) is 0 Å². The second-order valence-corrected chi connectivity index (χ2v) is 7.76. The summed E-state index contributed by atoms with van der Waals surface area (Å²) in [5.74, 6) is 0.421. The molecule has 0 aliphatic carbocycles. The molecule has 0 radical (unpaired) electrons. The molecule has 3 aliphatic rings. The first kappa shape index (κ1) is 17.2. The highest BCUT2D eigenvalue weighted by Crippen LogP contribution is 2.23. The molecule has 23 heavy (non-hydrogen) atoms. The topological polar surface area (TPSA) is 26.8 Å². The fraction of sp³-hybridized carbons (Fsp3) is 0.947. The summed E-state index contributed by atoms with van der Waals surface area (Å²) in [6.45, 7) is 8.86. The largest absolute Gasteiger partial charge is 0.341 e. The number of rotatable bonds is 4. The quantitative estimate of drug-likeness (QED) is 0.796. The van der Waals surface area contributed by atoms with Crippen molar-refractivity contribution in [1.82, 2.24) is 14.7 Å². The van der Waals surface area contributed by atoms with Gasteiger partial charge in [0.1, 0.15) is 6.04 Å². The Morgan fingerprint density at radius 3 is 1.61 bits per heavy atom. The average Bonchev–Trinajstić information content (AvgIpc) is 2.64. The van der Waals surface area contributed by atoms with Gasteiger partial charge in [-0.1, -0.05) is 12.8 Å². The third kappa shape index (κ3) is 4.27. The maximum Gasteiger partial charge on any atom is 0.241 e. The van der Waals surface area contributed by atoms with Crippen LogP contribution in [0, 0.1) is 0 Å². The third-order valence-corrected chi connectivity index (χ3v) is 6.13. The van der Waals surface area contributed by atoms with Gasteiger partial charge < -0.3 is 4.90 Å². The van der Waals surface area contributed by atoms with Crippen molar-refractivity contribution in [2.24, 2.45) is 0 Å². The number of likely N-dealkylation sites (tertiary alicyclic amines) is 3. The molecular weight excluding hydrogens is 286 g/mol. The van der Waals surface area contributed by atoms with Crippen LogP contribution in [0.2, 0.25) is 0 Å². The van der Waals surface area contributed by atoms with E-state index in [0.29, 0.717) is 11.9 Å². The molecule has 0 bridgehead atoms. The van der Waals surface area contributed by atoms with Gasteiger partial charge in [-0.05, 0) is 78.0 Å². The van der Waals surface area contributed by atoms with Gasteiger partial charge >= 0.3 is 0 Å². The molecule has 3 rings (SSSR count). The van der Waals surface area contributed by atoms with E-state index in [1.54, 1.807) is 0 Å². The van der Waals surface area contributed by atoms with Gasteiger partial charge in [0.2, 0.25) is 5.91 Å². The Morgan fingerprint density at radius 2 is 1.09 bits per heavy atom. The van der Waals surface area contributed by atoms with E-state index in [2.05, 4.69) is 21.6 Å². The molecule has 0 aromatic carbocycles. The van der Waals surface area contributed by atoms with Crippen molar-refractivity contribution in [1.29, 1.82) is 0 Å². The zero-order valence-electron chi connectivity index (χ0n) is 15.0. The van der Waals surface area contributed by atoms with Crippen molar-refractivity contribution < 1.29 is 4.79 Å². The molecule has 0 aromatic heterocycles. The Balaban J connectivity index is 1.72. The molecular formula is C19H35N3O. The summed E-state index contributed by atoms with van der Waals surface area (Å²) in [6, 6.07) is 0.453. The minimum atomic E-state index is 0.0894. The molecule has 4 nitrogen and oxygen atoms in total. The molecule has 3 heterocycles. The van der Waals surface area contributed by atoms with Gasteiger partial charge in [-0.2, -0.15) is 0 Å². The molecule has 0 unspecified atom stereocenters. The van der Waals surface area contributed by atoms with Gasteiger partial charge in [0, 0.05) is 19.1 Å². The zero-order chi connectivity index (χ0) is 16.1. The van der Waals surface area contributed by atoms with Crippen molar-refractivity contribution in [2.75, 3.05) is 39.3 Å². The second-order valence-electron chi connectivity index (χ2n) is 7.76. The summed E-state index contributed by atoms with van der Waals surface area (Å²) in [5.41, 5.74) is 0. The molecule has 0 aromatic rings. The Bertz CT molecular complexity index is 369. The summed E-state index contributed by atoms with van der Waals surface area (Å²) in [7, 11) is 0. The number of amides is 1. The minimum absolute atomic E-state index is 0.0894. The standard InChI is InChI=1S/C19H35N3O/c1-17(20-11-5-2-6-12-20)18(21-13-7-3-8-14-21)19(23)22-15-9-4-10-16-22/h17-18H,2-16H2,1H3/t17-,18+/m0/s1. The fourth-order valence-electron chi connectivity index (χ4n) is 4.69. The lowest BCUT2D eigenvalue weighted by Gasteiger charge is -2.44. The van der Waals surface area contributed by atoms with E-state index in [1.165, 1.54) is 70.9 Å². The minimum Gasteiger partial charge on any atom is -0.341 e. The summed E-state index contributed by atoms with van der Waals surface area (Å²) >= 11 is 0. The van der Waals surface area contributed by atoms with Crippen LogP contribution >= 0.6 is 0 Å². The predicted octanol–water partition coefficient (Wildman–Crippen LogP) is 2.73. The van der Waals surface area contributed by atoms with E-state index in [4.69, 9.17) is 0 Å². The lowest BCUT2D eigenvalue weighted by Crippen LogP contribution is -2.60. The number of hydrogen-bond donors (Lipinski definition) is 0. The first-order valence-corrected chi connectivity index (χ1v) is 10.0. The van der Waals surface area contributed by atoms with Crippen molar-refractivity contribution in [2.45, 2.75) is 76.8 Å². The van der Waals surface area contributed by atoms with Crippen molar-refractivity contribution >= 4 is 5.91 Å². The molecule has 3 fully saturated rings. The molecule has 3 aliphatic heterocycles. The summed E-state index contributed by atoms with van der Waals surface area (Å²) in [4.78, 5) is 20.6. The van der Waals surface area contributed by atoms with Gasteiger partial charge in [0.25, 0.3) is 0 Å². The molecule has 4 heteroatoms. The monoisotopic (exact) mass is 321 g/mol. The molecule has 0 N–H and O–H groups in total. The first-order chi connectivity index (χ1) is 11.3. The van der Waals surface area contributed by atoms with Crippen molar-refractivity contribution in [3.8, 4) is 0 Å². The number of carbonyl (C=O) groups excluding carboxylic acids is 1. The smallest absolute Gasteiger partial charge is 0.241 e. The van der Waals surface area contributed by atoms with E-state index >= 15 is 0 Å². The molecule has 3 saturated heterocycles. The van der Waals surface area contributed by atoms with Crippen LogP contribution in [0.3, 0.4) is 0 Å². The highest BCUT2D eigenvalue weighted by molar-refractivity contribution is 5.82. The Kier molecular flexibility index (Phi) is 6.35. The van der Waals surface area contributed by atoms with Gasteiger partial charge in [-0.25, -0.2) is 0 Å². The highest BCUT2D eigenvalue weighted by atomic mass is 16.2. The van der Waals surface area contributed by atoms with Crippen LogP contribution in [0.25, 0.3) is 0 Å². The van der Waals surface area contributed by atoms with E-state index in [9.17, 15) is 4.79 Å². The third-order valence-electron chi connectivity index (χ3n) is 6.13. The van der Waals surface area contributed by atoms with Crippen molar-refractivity contribution in [3.63, 3.8) is 0 Å². The Morgan fingerprint density at radius 1 is 0.652 bits per heavy atom. The molecule has 2 atom stereocenters. The zero-order valence-corrected chi connectivity index (χ0v) is 15.0. The van der Waals surface area contributed by atoms with Crippen LogP contribution in [-0.4, -0.2) is 72.0 Å². The van der Waals surface area contributed by atoms with Crippen LogP contribution in [0.15, 0.2) is 0 Å². The molecule has 0 spiro atoms. The van der Waals surface area contributed by atoms with E-state index < -0.39 is 0 Å². The van der Waals surface area contributed by atoms with Gasteiger partial charge in [-0.3, -0.25) is 14.6 Å². The molecule has 132 valence electrons. The van der Waals surface area contributed by atoms with Gasteiger partial charge in [0.15, 0.2) is 0 Å². The number of piperidine rings is 3. The van der Waals surface area contributed by atoms with Crippen molar-refractivity contribution in [3.05, 3.63) is 0 Å². The number of nitrogens with zero attached hydrogens (tertiary/aromatic N) is 3. The van der Waals surface area contributed by atoms with Crippen LogP contribution in [-0.2, 0) is 4.79 Å². The predicted molar refractivity (Wildman–Crippen MR) is 94.5 cm³/mol. The van der Waals surface area contributed by atoms with Gasteiger partial charge in [-0.15, -0.1) is 0 Å². The lowest BCUT2D eigenvalue weighted by molar-refractivity contribution is -0.141. The Labute approximate surface area is 142 Å².